The van der Waals surface area contributed by atoms with Crippen molar-refractivity contribution in [2.75, 3.05) is 14.1 Å². The van der Waals surface area contributed by atoms with E-state index in [1.54, 1.807) is 0 Å². The first-order valence-electron chi connectivity index (χ1n) is 4.89. The van der Waals surface area contributed by atoms with E-state index in [0.29, 0.717) is 0 Å². The van der Waals surface area contributed by atoms with E-state index in [4.69, 9.17) is 0 Å². The molecule has 0 aromatic heterocycles. The van der Waals surface area contributed by atoms with Crippen molar-refractivity contribution < 1.29 is 0 Å². The Kier molecular flexibility index (Phi) is 7.71. The predicted octanol–water partition coefficient (Wildman–Crippen LogP) is 3.06. The Morgan fingerprint density at radius 1 is 0.929 bits per heavy atom. The second-order valence-electron chi connectivity index (χ2n) is 3.07. The maximum atomic E-state index is 4.21. The molecule has 0 fully saturated rings. The molecule has 0 atom stereocenters. The molecule has 0 heterocycles. The fourth-order valence-corrected chi connectivity index (χ4v) is 1.23. The molecule has 0 aliphatic heterocycles. The highest BCUT2D eigenvalue weighted by Crippen LogP contribution is 2.03. The van der Waals surface area contributed by atoms with E-state index in [0.717, 1.165) is 25.7 Å². The van der Waals surface area contributed by atoms with Crippen LogP contribution in [0.1, 0.15) is 25.7 Å². The smallest absolute Gasteiger partial charge is 0.0276 e. The summed E-state index contributed by atoms with van der Waals surface area (Å²) in [6, 6.07) is 0. The molecule has 0 N–H and O–H groups in total. The van der Waals surface area contributed by atoms with E-state index in [1.807, 2.05) is 26.2 Å². The first-order valence-corrected chi connectivity index (χ1v) is 4.89. The molecule has 0 bridgehead atoms. The fourth-order valence-electron chi connectivity index (χ4n) is 1.23. The average molecular weight is 192 g/mol. The van der Waals surface area contributed by atoms with E-state index in [1.165, 1.54) is 11.4 Å². The van der Waals surface area contributed by atoms with Crippen LogP contribution in [0.5, 0.6) is 0 Å². The van der Waals surface area contributed by atoms with Crippen molar-refractivity contribution in [2.45, 2.75) is 25.7 Å². The molecule has 0 radical (unpaired) electrons. The van der Waals surface area contributed by atoms with Gasteiger partial charge in [-0.2, -0.15) is 0 Å². The SMILES string of the molecule is C=CCC(CCC(CC=C)=NC)=NC. The molecule has 0 aliphatic rings. The third kappa shape index (κ3) is 5.46. The summed E-state index contributed by atoms with van der Waals surface area (Å²) in [6.45, 7) is 7.41. The maximum absolute atomic E-state index is 4.21. The van der Waals surface area contributed by atoms with Crippen molar-refractivity contribution in [2.24, 2.45) is 9.98 Å². The van der Waals surface area contributed by atoms with Gasteiger partial charge in [0.1, 0.15) is 0 Å². The average Bonchev–Trinajstić information content (AvgIpc) is 2.22. The molecule has 0 saturated carbocycles. The fraction of sp³-hybridized carbons (Fsp3) is 0.500. The Hall–Kier alpha value is -1.18. The van der Waals surface area contributed by atoms with Crippen LogP contribution in [0.2, 0.25) is 0 Å². The van der Waals surface area contributed by atoms with Gasteiger partial charge in [0.2, 0.25) is 0 Å². The van der Waals surface area contributed by atoms with Crippen LogP contribution in [0.3, 0.4) is 0 Å². The van der Waals surface area contributed by atoms with E-state index >= 15 is 0 Å². The molecule has 0 saturated heterocycles. The second-order valence-corrected chi connectivity index (χ2v) is 3.07. The van der Waals surface area contributed by atoms with Crippen LogP contribution in [-0.2, 0) is 0 Å². The third-order valence-electron chi connectivity index (χ3n) is 2.09. The van der Waals surface area contributed by atoms with Crippen LogP contribution in [-0.4, -0.2) is 25.5 Å². The van der Waals surface area contributed by atoms with E-state index in [9.17, 15) is 0 Å². The third-order valence-corrected chi connectivity index (χ3v) is 2.09. The summed E-state index contributed by atoms with van der Waals surface area (Å²) >= 11 is 0. The van der Waals surface area contributed by atoms with Crippen molar-refractivity contribution >= 4 is 11.4 Å². The van der Waals surface area contributed by atoms with Gasteiger partial charge in [0, 0.05) is 38.4 Å². The van der Waals surface area contributed by atoms with Gasteiger partial charge in [0.05, 0.1) is 0 Å². The molecule has 0 aromatic carbocycles. The van der Waals surface area contributed by atoms with Crippen LogP contribution < -0.4 is 0 Å². The lowest BCUT2D eigenvalue weighted by Gasteiger charge is -2.04. The van der Waals surface area contributed by atoms with Crippen molar-refractivity contribution in [1.82, 2.24) is 0 Å². The van der Waals surface area contributed by atoms with Gasteiger partial charge in [0.25, 0.3) is 0 Å². The molecule has 14 heavy (non-hydrogen) atoms. The van der Waals surface area contributed by atoms with Gasteiger partial charge < -0.3 is 0 Å². The molecule has 0 aromatic rings. The zero-order valence-electron chi connectivity index (χ0n) is 9.29. The summed E-state index contributed by atoms with van der Waals surface area (Å²) in [5.41, 5.74) is 2.37. The van der Waals surface area contributed by atoms with Crippen LogP contribution in [0.15, 0.2) is 35.3 Å². The minimum Gasteiger partial charge on any atom is -0.297 e. The minimum atomic E-state index is 0.877. The maximum Gasteiger partial charge on any atom is 0.0276 e. The Morgan fingerprint density at radius 3 is 1.50 bits per heavy atom. The summed E-state index contributed by atoms with van der Waals surface area (Å²) in [7, 11) is 3.66. The molecule has 0 rings (SSSR count). The Labute approximate surface area is 87.2 Å². The predicted molar refractivity (Wildman–Crippen MR) is 65.6 cm³/mol. The molecular weight excluding hydrogens is 172 g/mol. The lowest BCUT2D eigenvalue weighted by atomic mass is 10.1. The van der Waals surface area contributed by atoms with Crippen molar-refractivity contribution in [3.63, 3.8) is 0 Å². The van der Waals surface area contributed by atoms with E-state index in [2.05, 4.69) is 23.1 Å². The molecule has 0 spiro atoms. The molecule has 78 valence electrons. The van der Waals surface area contributed by atoms with Crippen LogP contribution in [0.25, 0.3) is 0 Å². The van der Waals surface area contributed by atoms with Gasteiger partial charge in [0.15, 0.2) is 0 Å². The molecule has 2 nitrogen and oxygen atoms in total. The highest BCUT2D eigenvalue weighted by atomic mass is 14.7. The second kappa shape index (κ2) is 8.42. The number of hydrogen-bond acceptors (Lipinski definition) is 2. The summed E-state index contributed by atoms with van der Waals surface area (Å²) in [6.07, 6.45) is 7.48. The van der Waals surface area contributed by atoms with Crippen LogP contribution >= 0.6 is 0 Å². The van der Waals surface area contributed by atoms with Crippen molar-refractivity contribution in [3.05, 3.63) is 25.3 Å². The Bertz CT molecular complexity index is 211. The van der Waals surface area contributed by atoms with Gasteiger partial charge in [-0.05, 0) is 12.8 Å². The lowest BCUT2D eigenvalue weighted by molar-refractivity contribution is 1.07. The molecule has 0 amide bonds. The van der Waals surface area contributed by atoms with Gasteiger partial charge in [-0.1, -0.05) is 12.2 Å². The van der Waals surface area contributed by atoms with Crippen molar-refractivity contribution in [3.8, 4) is 0 Å². The van der Waals surface area contributed by atoms with Crippen LogP contribution in [0.4, 0.5) is 0 Å². The Balaban J connectivity index is 4.00. The number of allylic oxidation sites excluding steroid dienone is 2. The summed E-state index contributed by atoms with van der Waals surface area (Å²) in [5.74, 6) is 0. The number of nitrogens with zero attached hydrogens (tertiary/aromatic N) is 2. The molecule has 0 unspecified atom stereocenters. The van der Waals surface area contributed by atoms with Crippen molar-refractivity contribution in [1.29, 1.82) is 0 Å². The molecular formula is C12H20N2. The summed E-state index contributed by atoms with van der Waals surface area (Å²) in [4.78, 5) is 8.42. The first kappa shape index (κ1) is 12.8. The highest BCUT2D eigenvalue weighted by Gasteiger charge is 2.00. The normalized spacial score (nSPS) is 12.7. The monoisotopic (exact) mass is 192 g/mol. The topological polar surface area (TPSA) is 24.7 Å². The first-order chi connectivity index (χ1) is 6.78. The minimum absolute atomic E-state index is 0.877. The zero-order valence-corrected chi connectivity index (χ0v) is 9.29. The van der Waals surface area contributed by atoms with Gasteiger partial charge in [-0.15, -0.1) is 13.2 Å². The Morgan fingerprint density at radius 2 is 1.29 bits per heavy atom. The van der Waals surface area contributed by atoms with Gasteiger partial charge >= 0.3 is 0 Å². The van der Waals surface area contributed by atoms with E-state index < -0.39 is 0 Å². The number of rotatable bonds is 7. The molecule has 2 heteroatoms. The largest absolute Gasteiger partial charge is 0.297 e. The van der Waals surface area contributed by atoms with Gasteiger partial charge in [-0.3, -0.25) is 9.98 Å². The quantitative estimate of drug-likeness (QED) is 0.437. The number of aliphatic imine (C=N–C) groups is 2. The van der Waals surface area contributed by atoms with Crippen LogP contribution in [0, 0.1) is 0 Å². The van der Waals surface area contributed by atoms with E-state index in [-0.39, 0.29) is 0 Å². The van der Waals surface area contributed by atoms with Gasteiger partial charge in [-0.25, -0.2) is 0 Å². The standard InChI is InChI=1S/C12H20N2/c1-5-7-11(13-3)9-10-12(14-4)8-6-2/h5-6H,1-2,7-10H2,3-4H3. The number of hydrogen-bond donors (Lipinski definition) is 0. The summed E-state index contributed by atoms with van der Waals surface area (Å²) < 4.78 is 0. The highest BCUT2D eigenvalue weighted by molar-refractivity contribution is 5.92. The molecule has 0 aliphatic carbocycles. The summed E-state index contributed by atoms with van der Waals surface area (Å²) in [5, 5.41) is 0. The zero-order chi connectivity index (χ0) is 10.8. The lowest BCUT2D eigenvalue weighted by Crippen LogP contribution is -2.03.